The molecule has 5 rings (SSSR count). The fraction of sp³-hybridized carbons (Fsp3) is 0.182. The highest BCUT2D eigenvalue weighted by Gasteiger charge is 2.25. The number of ether oxygens (including phenoxy) is 1. The predicted molar refractivity (Wildman–Crippen MR) is 170 cm³/mol. The molecule has 44 heavy (non-hydrogen) atoms. The molecule has 0 bridgehead atoms. The van der Waals surface area contributed by atoms with Gasteiger partial charge in [-0.05, 0) is 73.4 Å². The SMILES string of the molecule is NC(=O)[C@H](CCCN=C(N)N)n1c(-c2cccc(Oc3ccccc3)c2)nc2cc(C(=O)NCCc3cccnc3)ccc21. The van der Waals surface area contributed by atoms with Gasteiger partial charge in [0.25, 0.3) is 5.91 Å². The summed E-state index contributed by atoms with van der Waals surface area (Å²) in [4.78, 5) is 39.0. The number of primary amides is 1. The van der Waals surface area contributed by atoms with E-state index < -0.39 is 11.9 Å². The second kappa shape index (κ2) is 14.0. The number of benzene rings is 3. The highest BCUT2D eigenvalue weighted by atomic mass is 16.5. The van der Waals surface area contributed by atoms with E-state index in [4.69, 9.17) is 26.9 Å². The molecule has 0 aliphatic carbocycles. The summed E-state index contributed by atoms with van der Waals surface area (Å²) in [5.74, 6) is 1.03. The number of aromatic nitrogens is 3. The molecule has 0 aliphatic heterocycles. The van der Waals surface area contributed by atoms with Crippen LogP contribution in [0.3, 0.4) is 0 Å². The standard InChI is InChI=1S/C33H34N8O3/c34-30(42)29(12-6-17-39-33(35)36)41-28-14-13-24(32(43)38-18-15-22-7-5-16-37-21-22)20-27(28)40-31(41)23-8-4-11-26(19-23)44-25-9-2-1-3-10-25/h1-5,7-11,13-14,16,19-21,29H,6,12,15,17-18H2,(H2,34,42)(H,38,43)(H4,35,36,39)/t29-/m0/s1. The normalized spacial score (nSPS) is 11.5. The number of hydrogen-bond donors (Lipinski definition) is 4. The summed E-state index contributed by atoms with van der Waals surface area (Å²) in [6, 6.07) is 25.2. The molecular weight excluding hydrogens is 556 g/mol. The number of imidazole rings is 1. The van der Waals surface area contributed by atoms with Gasteiger partial charge in [-0.15, -0.1) is 0 Å². The minimum Gasteiger partial charge on any atom is -0.457 e. The first-order chi connectivity index (χ1) is 21.4. The lowest BCUT2D eigenvalue weighted by Crippen LogP contribution is -2.28. The van der Waals surface area contributed by atoms with E-state index in [0.29, 0.717) is 71.8 Å². The topological polar surface area (TPSA) is 177 Å². The van der Waals surface area contributed by atoms with Crippen LogP contribution < -0.4 is 27.3 Å². The number of aliphatic imine (C=N–C) groups is 1. The summed E-state index contributed by atoms with van der Waals surface area (Å²) in [5, 5.41) is 2.96. The van der Waals surface area contributed by atoms with Crippen molar-refractivity contribution >= 4 is 28.8 Å². The minimum absolute atomic E-state index is 0.0177. The molecule has 11 nitrogen and oxygen atoms in total. The maximum Gasteiger partial charge on any atom is 0.251 e. The fourth-order valence-corrected chi connectivity index (χ4v) is 4.94. The monoisotopic (exact) mass is 590 g/mol. The van der Waals surface area contributed by atoms with Crippen LogP contribution in [0.2, 0.25) is 0 Å². The number of fused-ring (bicyclic) bond motifs is 1. The molecule has 0 unspecified atom stereocenters. The Morgan fingerprint density at radius 1 is 0.932 bits per heavy atom. The van der Waals surface area contributed by atoms with E-state index >= 15 is 0 Å². The molecule has 11 heteroatoms. The van der Waals surface area contributed by atoms with Crippen molar-refractivity contribution in [2.24, 2.45) is 22.2 Å². The Labute approximate surface area is 254 Å². The van der Waals surface area contributed by atoms with Gasteiger partial charge in [0.15, 0.2) is 5.96 Å². The third-order valence-electron chi connectivity index (χ3n) is 7.01. The molecular formula is C33H34N8O3. The van der Waals surface area contributed by atoms with E-state index in [2.05, 4.69) is 15.3 Å². The van der Waals surface area contributed by atoms with Gasteiger partial charge in [0.1, 0.15) is 23.4 Å². The molecule has 2 heterocycles. The summed E-state index contributed by atoms with van der Waals surface area (Å²) in [6.07, 6.45) is 5.03. The van der Waals surface area contributed by atoms with Gasteiger partial charge in [-0.3, -0.25) is 19.6 Å². The molecule has 7 N–H and O–H groups in total. The van der Waals surface area contributed by atoms with Crippen LogP contribution in [-0.2, 0) is 11.2 Å². The first-order valence-corrected chi connectivity index (χ1v) is 14.3. The quantitative estimate of drug-likeness (QED) is 0.0911. The van der Waals surface area contributed by atoms with Crippen molar-refractivity contribution in [1.82, 2.24) is 19.9 Å². The molecule has 3 aromatic carbocycles. The van der Waals surface area contributed by atoms with Gasteiger partial charge in [0, 0.05) is 36.6 Å². The largest absolute Gasteiger partial charge is 0.457 e. The van der Waals surface area contributed by atoms with Gasteiger partial charge in [0.05, 0.1) is 11.0 Å². The Hall–Kier alpha value is -5.71. The molecule has 224 valence electrons. The second-order valence-electron chi connectivity index (χ2n) is 10.2. The molecule has 2 amide bonds. The highest BCUT2D eigenvalue weighted by Crippen LogP contribution is 2.33. The molecule has 0 fully saturated rings. The molecule has 1 atom stereocenters. The van der Waals surface area contributed by atoms with Gasteiger partial charge in [-0.25, -0.2) is 4.98 Å². The Morgan fingerprint density at radius 3 is 2.50 bits per heavy atom. The van der Waals surface area contributed by atoms with E-state index in [9.17, 15) is 9.59 Å². The van der Waals surface area contributed by atoms with Crippen LogP contribution in [0.5, 0.6) is 11.5 Å². The number of nitrogens with zero attached hydrogens (tertiary/aromatic N) is 4. The van der Waals surface area contributed by atoms with Crippen molar-refractivity contribution < 1.29 is 14.3 Å². The average Bonchev–Trinajstić information content (AvgIpc) is 3.40. The highest BCUT2D eigenvalue weighted by molar-refractivity contribution is 5.98. The van der Waals surface area contributed by atoms with Gasteiger partial charge >= 0.3 is 0 Å². The number of carbonyl (C=O) groups is 2. The lowest BCUT2D eigenvalue weighted by atomic mass is 10.1. The van der Waals surface area contributed by atoms with Crippen molar-refractivity contribution in [2.75, 3.05) is 13.1 Å². The van der Waals surface area contributed by atoms with Crippen molar-refractivity contribution in [3.8, 4) is 22.9 Å². The molecule has 0 aliphatic rings. The fourth-order valence-electron chi connectivity index (χ4n) is 4.94. The number of amides is 2. The van der Waals surface area contributed by atoms with E-state index in [1.807, 2.05) is 71.3 Å². The summed E-state index contributed by atoms with van der Waals surface area (Å²) >= 11 is 0. The lowest BCUT2D eigenvalue weighted by molar-refractivity contribution is -0.121. The Morgan fingerprint density at radius 2 is 1.75 bits per heavy atom. The van der Waals surface area contributed by atoms with Crippen LogP contribution in [0.4, 0.5) is 0 Å². The molecule has 0 saturated carbocycles. The van der Waals surface area contributed by atoms with Crippen molar-refractivity contribution in [3.05, 3.63) is 108 Å². The number of hydrogen-bond acceptors (Lipinski definition) is 6. The van der Waals surface area contributed by atoms with E-state index in [-0.39, 0.29) is 11.9 Å². The van der Waals surface area contributed by atoms with E-state index in [1.165, 1.54) is 0 Å². The Kier molecular flexibility index (Phi) is 9.45. The third kappa shape index (κ3) is 7.37. The summed E-state index contributed by atoms with van der Waals surface area (Å²) in [6.45, 7) is 0.799. The van der Waals surface area contributed by atoms with Gasteiger partial charge in [-0.1, -0.05) is 36.4 Å². The van der Waals surface area contributed by atoms with Crippen molar-refractivity contribution in [3.63, 3.8) is 0 Å². The minimum atomic E-state index is -0.748. The Bertz CT molecular complexity index is 1770. The zero-order valence-electron chi connectivity index (χ0n) is 24.1. The number of rotatable bonds is 13. The predicted octanol–water partition coefficient (Wildman–Crippen LogP) is 3.94. The maximum absolute atomic E-state index is 13.0. The van der Waals surface area contributed by atoms with Crippen LogP contribution in [0, 0.1) is 0 Å². The third-order valence-corrected chi connectivity index (χ3v) is 7.01. The Balaban J connectivity index is 1.49. The number of para-hydroxylation sites is 1. The second-order valence-corrected chi connectivity index (χ2v) is 10.2. The number of guanidine groups is 1. The van der Waals surface area contributed by atoms with Crippen LogP contribution in [0.15, 0.2) is 102 Å². The lowest BCUT2D eigenvalue weighted by Gasteiger charge is -2.19. The van der Waals surface area contributed by atoms with E-state index in [0.717, 1.165) is 5.56 Å². The van der Waals surface area contributed by atoms with Gasteiger partial charge < -0.3 is 31.8 Å². The molecule has 0 saturated heterocycles. The molecule has 0 spiro atoms. The first-order valence-electron chi connectivity index (χ1n) is 14.3. The first kappa shape index (κ1) is 29.8. The number of pyridine rings is 1. The zero-order chi connectivity index (χ0) is 30.9. The molecule has 5 aromatic rings. The maximum atomic E-state index is 13.0. The van der Waals surface area contributed by atoms with Crippen LogP contribution in [-0.4, -0.2) is 45.4 Å². The van der Waals surface area contributed by atoms with E-state index in [1.54, 1.807) is 30.6 Å². The van der Waals surface area contributed by atoms with Crippen LogP contribution >= 0.6 is 0 Å². The molecule has 2 aromatic heterocycles. The van der Waals surface area contributed by atoms with Crippen molar-refractivity contribution in [1.29, 1.82) is 0 Å². The average molecular weight is 591 g/mol. The smallest absolute Gasteiger partial charge is 0.251 e. The summed E-state index contributed by atoms with van der Waals surface area (Å²) in [7, 11) is 0. The van der Waals surface area contributed by atoms with Gasteiger partial charge in [0.2, 0.25) is 5.91 Å². The molecule has 0 radical (unpaired) electrons. The number of nitrogens with one attached hydrogen (secondary N) is 1. The zero-order valence-corrected chi connectivity index (χ0v) is 24.1. The summed E-state index contributed by atoms with van der Waals surface area (Å²) < 4.78 is 7.88. The number of carbonyl (C=O) groups excluding carboxylic acids is 2. The van der Waals surface area contributed by atoms with Crippen LogP contribution in [0.1, 0.15) is 34.8 Å². The van der Waals surface area contributed by atoms with Gasteiger partial charge in [-0.2, -0.15) is 0 Å². The number of nitrogens with two attached hydrogens (primary N) is 3. The van der Waals surface area contributed by atoms with Crippen molar-refractivity contribution in [2.45, 2.75) is 25.3 Å². The summed E-state index contributed by atoms with van der Waals surface area (Å²) in [5.41, 5.74) is 20.3. The van der Waals surface area contributed by atoms with Crippen LogP contribution in [0.25, 0.3) is 22.4 Å².